The second-order valence-electron chi connectivity index (χ2n) is 5.20. The molecule has 6 nitrogen and oxygen atoms in total. The monoisotopic (exact) mass is 259 g/mol. The molecule has 0 saturated heterocycles. The first kappa shape index (κ1) is 16.4. The number of carboxylic acids is 1. The highest BCUT2D eigenvalue weighted by molar-refractivity contribution is 5.76. The van der Waals surface area contributed by atoms with Crippen LogP contribution in [0.5, 0.6) is 0 Å². The first-order chi connectivity index (χ1) is 8.03. The molecule has 0 aliphatic carbocycles. The number of aliphatic carboxylic acids is 1. The summed E-state index contributed by atoms with van der Waals surface area (Å²) in [6.45, 7) is 8.54. The minimum absolute atomic E-state index is 0.687. The molecule has 0 fully saturated rings. The van der Waals surface area contributed by atoms with Crippen LogP contribution in [0, 0.1) is 0 Å². The van der Waals surface area contributed by atoms with Crippen LogP contribution in [0.2, 0.25) is 0 Å². The van der Waals surface area contributed by atoms with Gasteiger partial charge in [0, 0.05) is 0 Å². The third-order valence-corrected chi connectivity index (χ3v) is 1.79. The van der Waals surface area contributed by atoms with E-state index in [-0.39, 0.29) is 0 Å². The molecule has 0 bridgehead atoms. The Bertz CT molecular complexity index is 339. The number of amides is 1. The summed E-state index contributed by atoms with van der Waals surface area (Å²) in [5.74, 6) is -1.41. The third-order valence-electron chi connectivity index (χ3n) is 1.79. The number of rotatable bonds is 4. The molecule has 0 aromatic carbocycles. The van der Waals surface area contributed by atoms with Gasteiger partial charge in [0.1, 0.15) is 5.60 Å². The fourth-order valence-electron chi connectivity index (χ4n) is 1.17. The van der Waals surface area contributed by atoms with Crippen LogP contribution < -0.4 is 5.32 Å². The quantitative estimate of drug-likeness (QED) is 0.661. The van der Waals surface area contributed by atoms with E-state index in [4.69, 9.17) is 9.84 Å². The van der Waals surface area contributed by atoms with Gasteiger partial charge in [-0.3, -0.25) is 0 Å². The van der Waals surface area contributed by atoms with Gasteiger partial charge < -0.3 is 20.3 Å². The molecule has 0 aliphatic rings. The Morgan fingerprint density at radius 1 is 1.28 bits per heavy atom. The Kier molecular flexibility index (Phi) is 5.84. The molecule has 0 heterocycles. The van der Waals surface area contributed by atoms with Crippen LogP contribution in [-0.2, 0) is 9.53 Å². The van der Waals surface area contributed by atoms with Gasteiger partial charge in [0.2, 0.25) is 0 Å². The highest BCUT2D eigenvalue weighted by atomic mass is 16.6. The maximum atomic E-state index is 11.5. The molecule has 0 rings (SSSR count). The van der Waals surface area contributed by atoms with Crippen molar-refractivity contribution in [3.63, 3.8) is 0 Å². The number of allylic oxidation sites excluding steroid dienone is 1. The summed E-state index contributed by atoms with van der Waals surface area (Å²) in [5, 5.41) is 20.5. The van der Waals surface area contributed by atoms with E-state index in [0.717, 1.165) is 5.57 Å². The van der Waals surface area contributed by atoms with Crippen molar-refractivity contribution in [1.29, 1.82) is 0 Å². The highest BCUT2D eigenvalue weighted by Crippen LogP contribution is 2.08. The lowest BCUT2D eigenvalue weighted by molar-refractivity contribution is -0.147. The number of ether oxygens (including phenoxy) is 1. The lowest BCUT2D eigenvalue weighted by Crippen LogP contribution is -2.47. The van der Waals surface area contributed by atoms with E-state index in [1.54, 1.807) is 34.6 Å². The van der Waals surface area contributed by atoms with Crippen molar-refractivity contribution in [2.24, 2.45) is 0 Å². The number of carboxylic acid groups (broad SMARTS) is 1. The Labute approximate surface area is 107 Å². The van der Waals surface area contributed by atoms with Gasteiger partial charge in [-0.25, -0.2) is 9.59 Å². The van der Waals surface area contributed by atoms with Gasteiger partial charge in [0.05, 0.1) is 6.04 Å². The Balaban J connectivity index is 4.76. The average molecular weight is 259 g/mol. The SMILES string of the molecule is CC(C)=CC(NC(=O)OC(C)(C)C)C(O)C(=O)O. The molecule has 0 aromatic rings. The van der Waals surface area contributed by atoms with E-state index < -0.39 is 29.8 Å². The van der Waals surface area contributed by atoms with E-state index in [2.05, 4.69) is 5.32 Å². The van der Waals surface area contributed by atoms with Gasteiger partial charge in [0.15, 0.2) is 6.10 Å². The molecule has 0 aliphatic heterocycles. The van der Waals surface area contributed by atoms with E-state index >= 15 is 0 Å². The van der Waals surface area contributed by atoms with Crippen LogP contribution in [0.1, 0.15) is 34.6 Å². The van der Waals surface area contributed by atoms with Crippen LogP contribution in [-0.4, -0.2) is 40.0 Å². The fraction of sp³-hybridized carbons (Fsp3) is 0.667. The standard InChI is InChI=1S/C12H21NO5/c1-7(2)6-8(9(14)10(15)16)13-11(17)18-12(3,4)5/h6,8-9,14H,1-5H3,(H,13,17)(H,15,16). The summed E-state index contributed by atoms with van der Waals surface area (Å²) in [4.78, 5) is 22.2. The van der Waals surface area contributed by atoms with Crippen LogP contribution in [0.4, 0.5) is 4.79 Å². The van der Waals surface area contributed by atoms with Crippen LogP contribution >= 0.6 is 0 Å². The topological polar surface area (TPSA) is 95.9 Å². The molecule has 3 N–H and O–H groups in total. The van der Waals surface area contributed by atoms with Crippen LogP contribution in [0.3, 0.4) is 0 Å². The molecule has 2 atom stereocenters. The third kappa shape index (κ3) is 6.90. The normalized spacial score (nSPS) is 14.3. The van der Waals surface area contributed by atoms with Gasteiger partial charge in [-0.1, -0.05) is 11.6 Å². The summed E-state index contributed by atoms with van der Waals surface area (Å²) >= 11 is 0. The highest BCUT2D eigenvalue weighted by Gasteiger charge is 2.27. The van der Waals surface area contributed by atoms with Crippen molar-refractivity contribution in [2.75, 3.05) is 0 Å². The number of alkyl carbamates (subject to hydrolysis) is 1. The molecule has 18 heavy (non-hydrogen) atoms. The molecule has 0 spiro atoms. The summed E-state index contributed by atoms with van der Waals surface area (Å²) in [6, 6.07) is -1.03. The minimum Gasteiger partial charge on any atom is -0.479 e. The van der Waals surface area contributed by atoms with Crippen molar-refractivity contribution >= 4 is 12.1 Å². The molecule has 0 saturated carbocycles. The van der Waals surface area contributed by atoms with E-state index in [0.29, 0.717) is 0 Å². The van der Waals surface area contributed by atoms with E-state index in [1.165, 1.54) is 6.08 Å². The Morgan fingerprint density at radius 2 is 1.78 bits per heavy atom. The van der Waals surface area contributed by atoms with Crippen LogP contribution in [0.25, 0.3) is 0 Å². The average Bonchev–Trinajstić information content (AvgIpc) is 2.11. The largest absolute Gasteiger partial charge is 0.479 e. The Hall–Kier alpha value is -1.56. The summed E-state index contributed by atoms with van der Waals surface area (Å²) in [7, 11) is 0. The van der Waals surface area contributed by atoms with Gasteiger partial charge in [-0.2, -0.15) is 0 Å². The second-order valence-corrected chi connectivity index (χ2v) is 5.20. The van der Waals surface area contributed by atoms with Crippen molar-refractivity contribution in [3.05, 3.63) is 11.6 Å². The molecule has 104 valence electrons. The van der Waals surface area contributed by atoms with Crippen LogP contribution in [0.15, 0.2) is 11.6 Å². The number of aliphatic hydroxyl groups is 1. The second kappa shape index (κ2) is 6.39. The number of hydrogen-bond donors (Lipinski definition) is 3. The maximum Gasteiger partial charge on any atom is 0.408 e. The fourth-order valence-corrected chi connectivity index (χ4v) is 1.17. The molecule has 1 amide bonds. The summed E-state index contributed by atoms with van der Waals surface area (Å²) in [5.41, 5.74) is 0.0877. The maximum absolute atomic E-state index is 11.5. The predicted octanol–water partition coefficient (Wildman–Crippen LogP) is 1.29. The number of carbonyl (C=O) groups is 2. The van der Waals surface area contributed by atoms with Crippen molar-refractivity contribution in [3.8, 4) is 0 Å². The van der Waals surface area contributed by atoms with Gasteiger partial charge in [-0.05, 0) is 34.6 Å². The van der Waals surface area contributed by atoms with Crippen molar-refractivity contribution in [1.82, 2.24) is 5.32 Å². The van der Waals surface area contributed by atoms with Gasteiger partial charge in [-0.15, -0.1) is 0 Å². The summed E-state index contributed by atoms with van der Waals surface area (Å²) < 4.78 is 5.00. The summed E-state index contributed by atoms with van der Waals surface area (Å²) in [6.07, 6.45) is -1.03. The zero-order valence-corrected chi connectivity index (χ0v) is 11.4. The zero-order valence-electron chi connectivity index (χ0n) is 11.4. The first-order valence-electron chi connectivity index (χ1n) is 5.58. The lowest BCUT2D eigenvalue weighted by Gasteiger charge is -2.23. The molecule has 0 aromatic heterocycles. The predicted molar refractivity (Wildman–Crippen MR) is 66.2 cm³/mol. The number of aliphatic hydroxyl groups excluding tert-OH is 1. The molecule has 6 heteroatoms. The van der Waals surface area contributed by atoms with Crippen molar-refractivity contribution in [2.45, 2.75) is 52.4 Å². The van der Waals surface area contributed by atoms with Crippen molar-refractivity contribution < 1.29 is 24.5 Å². The molecule has 0 radical (unpaired) electrons. The number of nitrogens with one attached hydrogen (secondary N) is 1. The van der Waals surface area contributed by atoms with E-state index in [9.17, 15) is 14.7 Å². The first-order valence-corrected chi connectivity index (χ1v) is 5.58. The number of hydrogen-bond acceptors (Lipinski definition) is 4. The van der Waals surface area contributed by atoms with Gasteiger partial charge >= 0.3 is 12.1 Å². The molecular weight excluding hydrogens is 238 g/mol. The minimum atomic E-state index is -1.72. The number of carbonyl (C=O) groups excluding carboxylic acids is 1. The van der Waals surface area contributed by atoms with Gasteiger partial charge in [0.25, 0.3) is 0 Å². The Morgan fingerprint density at radius 3 is 2.11 bits per heavy atom. The zero-order chi connectivity index (χ0) is 14.5. The lowest BCUT2D eigenvalue weighted by atomic mass is 10.1. The molecular formula is C12H21NO5. The molecule has 2 unspecified atom stereocenters. The van der Waals surface area contributed by atoms with E-state index in [1.807, 2.05) is 0 Å². The smallest absolute Gasteiger partial charge is 0.408 e.